The van der Waals surface area contributed by atoms with Crippen LogP contribution in [0.25, 0.3) is 0 Å². The molecule has 0 aromatic carbocycles. The quantitative estimate of drug-likeness (QED) is 0.376. The van der Waals surface area contributed by atoms with Crippen LogP contribution in [-0.4, -0.2) is 89.3 Å². The third-order valence-corrected chi connectivity index (χ3v) is 4.41. The van der Waals surface area contributed by atoms with Crippen molar-refractivity contribution in [2.75, 3.05) is 53.4 Å². The van der Waals surface area contributed by atoms with Crippen molar-refractivity contribution in [1.82, 2.24) is 0 Å². The molecular weight excluding hydrogens is 380 g/mol. The molecule has 1 rings (SSSR count). The minimum atomic E-state index is -0.866. The molecule has 0 saturated carbocycles. The van der Waals surface area contributed by atoms with Gasteiger partial charge in [0, 0.05) is 13.7 Å². The van der Waals surface area contributed by atoms with Gasteiger partial charge in [0.2, 0.25) is 0 Å². The van der Waals surface area contributed by atoms with Crippen molar-refractivity contribution in [3.63, 3.8) is 0 Å². The zero-order valence-electron chi connectivity index (χ0n) is 19.5. The molecule has 1 aliphatic rings. The molecule has 0 amide bonds. The average Bonchev–Trinajstić information content (AvgIpc) is 2.98. The highest BCUT2D eigenvalue weighted by atomic mass is 16.8. The second-order valence-electron chi connectivity index (χ2n) is 8.10. The van der Waals surface area contributed by atoms with Crippen LogP contribution in [-0.2, 0) is 37.9 Å². The van der Waals surface area contributed by atoms with E-state index in [-0.39, 0.29) is 31.0 Å². The fourth-order valence-corrected chi connectivity index (χ4v) is 2.84. The molecule has 8 heteroatoms. The molecule has 6 atom stereocenters. The first-order valence-electron chi connectivity index (χ1n) is 10.5. The van der Waals surface area contributed by atoms with Gasteiger partial charge in [-0.3, -0.25) is 0 Å². The molecule has 174 valence electrons. The Hall–Kier alpha value is -0.320. The average molecular weight is 423 g/mol. The molecule has 0 aromatic rings. The van der Waals surface area contributed by atoms with Crippen LogP contribution in [0.5, 0.6) is 0 Å². The number of hydrogen-bond acceptors (Lipinski definition) is 8. The summed E-state index contributed by atoms with van der Waals surface area (Å²) in [4.78, 5) is 0. The lowest BCUT2D eigenvalue weighted by Crippen LogP contribution is -2.40. The largest absolute Gasteiger partial charge is 0.382 e. The maximum Gasteiger partial charge on any atom is 0.192 e. The Morgan fingerprint density at radius 2 is 1.34 bits per heavy atom. The van der Waals surface area contributed by atoms with Crippen molar-refractivity contribution in [2.45, 2.75) is 84.5 Å². The van der Waals surface area contributed by atoms with Crippen molar-refractivity contribution in [1.29, 1.82) is 0 Å². The van der Waals surface area contributed by atoms with Gasteiger partial charge >= 0.3 is 0 Å². The summed E-state index contributed by atoms with van der Waals surface area (Å²) in [6, 6.07) is 0. The van der Waals surface area contributed by atoms with E-state index in [1.165, 1.54) is 0 Å². The summed E-state index contributed by atoms with van der Waals surface area (Å²) in [5.74, 6) is -1.71. The van der Waals surface area contributed by atoms with Gasteiger partial charge in [-0.15, -0.1) is 0 Å². The second-order valence-corrected chi connectivity index (χ2v) is 8.10. The number of hydrogen-bond donors (Lipinski definition) is 0. The molecule has 29 heavy (non-hydrogen) atoms. The standard InChI is InChI=1S/C21H42O8/c1-9-23-17(3)11-25-19(5)13-27-21(7)15-28-20(6,29-21)14-26-18(4)12-24-16(2)10-22-8/h16-19H,9-15H2,1-8H3/t16-,17-,18-,19?,20+,21+/m1/s1. The van der Waals surface area contributed by atoms with Crippen molar-refractivity contribution in [3.8, 4) is 0 Å². The highest BCUT2D eigenvalue weighted by Gasteiger charge is 2.46. The van der Waals surface area contributed by atoms with Crippen LogP contribution in [0.1, 0.15) is 48.5 Å². The molecule has 8 nitrogen and oxygen atoms in total. The molecule has 1 aliphatic heterocycles. The number of rotatable bonds is 16. The second kappa shape index (κ2) is 13.2. The van der Waals surface area contributed by atoms with E-state index in [1.807, 2.05) is 48.5 Å². The van der Waals surface area contributed by atoms with Gasteiger partial charge in [0.25, 0.3) is 0 Å². The Bertz CT molecular complexity index is 399. The van der Waals surface area contributed by atoms with E-state index in [4.69, 9.17) is 37.9 Å². The Morgan fingerprint density at radius 3 is 1.93 bits per heavy atom. The fourth-order valence-electron chi connectivity index (χ4n) is 2.84. The molecule has 0 aromatic heterocycles. The molecule has 0 bridgehead atoms. The van der Waals surface area contributed by atoms with E-state index in [9.17, 15) is 0 Å². The highest BCUT2D eigenvalue weighted by Crippen LogP contribution is 2.32. The number of ether oxygens (including phenoxy) is 8. The van der Waals surface area contributed by atoms with Crippen LogP contribution in [0, 0.1) is 0 Å². The Balaban J connectivity index is 2.30. The lowest BCUT2D eigenvalue weighted by atomic mass is 10.3. The zero-order chi connectivity index (χ0) is 21.9. The molecule has 0 N–H and O–H groups in total. The van der Waals surface area contributed by atoms with E-state index in [2.05, 4.69) is 0 Å². The normalized spacial score (nSPS) is 29.0. The summed E-state index contributed by atoms with van der Waals surface area (Å²) < 4.78 is 45.7. The van der Waals surface area contributed by atoms with Crippen LogP contribution < -0.4 is 0 Å². The minimum absolute atomic E-state index is 0.0260. The lowest BCUT2D eigenvalue weighted by molar-refractivity contribution is -0.274. The first-order chi connectivity index (χ1) is 13.6. The minimum Gasteiger partial charge on any atom is -0.382 e. The third kappa shape index (κ3) is 11.0. The molecule has 1 fully saturated rings. The summed E-state index contributed by atoms with van der Waals surface area (Å²) in [6.45, 7) is 16.8. The summed E-state index contributed by atoms with van der Waals surface area (Å²) in [6.07, 6.45) is -0.0782. The fraction of sp³-hybridized carbons (Fsp3) is 1.00. The van der Waals surface area contributed by atoms with E-state index < -0.39 is 11.6 Å². The Labute approximate surface area is 176 Å². The van der Waals surface area contributed by atoms with Gasteiger partial charge in [-0.05, 0) is 48.5 Å². The van der Waals surface area contributed by atoms with Crippen LogP contribution in [0.15, 0.2) is 0 Å². The summed E-state index contributed by atoms with van der Waals surface area (Å²) in [5, 5.41) is 0. The van der Waals surface area contributed by atoms with Gasteiger partial charge in [-0.2, -0.15) is 0 Å². The van der Waals surface area contributed by atoms with Crippen LogP contribution in [0.4, 0.5) is 0 Å². The molecule has 0 spiro atoms. The van der Waals surface area contributed by atoms with Gasteiger partial charge in [-0.25, -0.2) is 0 Å². The molecule has 0 aliphatic carbocycles. The van der Waals surface area contributed by atoms with Crippen LogP contribution in [0.2, 0.25) is 0 Å². The van der Waals surface area contributed by atoms with Gasteiger partial charge < -0.3 is 37.9 Å². The Kier molecular flexibility index (Phi) is 12.1. The van der Waals surface area contributed by atoms with Gasteiger partial charge in [0.1, 0.15) is 13.2 Å². The smallest absolute Gasteiger partial charge is 0.192 e. The Morgan fingerprint density at radius 1 is 0.793 bits per heavy atom. The van der Waals surface area contributed by atoms with Crippen LogP contribution >= 0.6 is 0 Å². The molecular formula is C21H42O8. The van der Waals surface area contributed by atoms with Crippen molar-refractivity contribution >= 4 is 0 Å². The maximum atomic E-state index is 6.06. The van der Waals surface area contributed by atoms with E-state index in [0.29, 0.717) is 39.6 Å². The summed E-state index contributed by atoms with van der Waals surface area (Å²) in [5.41, 5.74) is 0. The van der Waals surface area contributed by atoms with Crippen LogP contribution in [0.3, 0.4) is 0 Å². The van der Waals surface area contributed by atoms with Gasteiger partial charge in [0.15, 0.2) is 11.6 Å². The van der Waals surface area contributed by atoms with Crippen molar-refractivity contribution < 1.29 is 37.9 Å². The SMILES string of the molecule is CCO[C@H](C)COC(C)CO[C@]1(C)CO[C@](C)(CO[C@H](C)CO[C@H](C)COC)O1. The molecule has 1 saturated heterocycles. The van der Waals surface area contributed by atoms with E-state index in [1.54, 1.807) is 7.11 Å². The lowest BCUT2D eigenvalue weighted by Gasteiger charge is -2.29. The molecule has 0 radical (unpaired) electrons. The van der Waals surface area contributed by atoms with Crippen molar-refractivity contribution in [2.24, 2.45) is 0 Å². The summed E-state index contributed by atoms with van der Waals surface area (Å²) in [7, 11) is 1.66. The molecule has 1 unspecified atom stereocenters. The first kappa shape index (κ1) is 26.7. The topological polar surface area (TPSA) is 73.8 Å². The third-order valence-electron chi connectivity index (χ3n) is 4.41. The maximum absolute atomic E-state index is 6.06. The first-order valence-corrected chi connectivity index (χ1v) is 10.5. The monoisotopic (exact) mass is 422 g/mol. The van der Waals surface area contributed by atoms with E-state index >= 15 is 0 Å². The zero-order valence-corrected chi connectivity index (χ0v) is 19.5. The van der Waals surface area contributed by atoms with Gasteiger partial charge in [0.05, 0.1) is 50.8 Å². The van der Waals surface area contributed by atoms with Crippen molar-refractivity contribution in [3.05, 3.63) is 0 Å². The van der Waals surface area contributed by atoms with Gasteiger partial charge in [-0.1, -0.05) is 0 Å². The van der Waals surface area contributed by atoms with E-state index in [0.717, 1.165) is 0 Å². The predicted molar refractivity (Wildman–Crippen MR) is 109 cm³/mol. The molecule has 1 heterocycles. The highest BCUT2D eigenvalue weighted by molar-refractivity contribution is 4.79. The number of methoxy groups -OCH3 is 1. The predicted octanol–water partition coefficient (Wildman–Crippen LogP) is 2.77. The summed E-state index contributed by atoms with van der Waals surface area (Å²) >= 11 is 0.